The maximum Gasteiger partial charge on any atom is 0.306 e. The summed E-state index contributed by atoms with van der Waals surface area (Å²) in [5, 5.41) is 22.1. The molecular formula is C29H43NO6. The second-order valence-electron chi connectivity index (χ2n) is 10.8. The van der Waals surface area contributed by atoms with Crippen LogP contribution in [-0.4, -0.2) is 38.8 Å². The molecule has 0 saturated heterocycles. The summed E-state index contributed by atoms with van der Waals surface area (Å²) in [5.41, 5.74) is 1.69. The highest BCUT2D eigenvalue weighted by molar-refractivity contribution is 5.87. The molecule has 0 fully saturated rings. The van der Waals surface area contributed by atoms with Crippen molar-refractivity contribution >= 4 is 17.8 Å². The van der Waals surface area contributed by atoms with Crippen molar-refractivity contribution in [1.82, 2.24) is 4.98 Å². The highest BCUT2D eigenvalue weighted by Gasteiger charge is 2.47. The first-order chi connectivity index (χ1) is 16.8. The number of hydrogen-bond donors (Lipinski definition) is 2. The molecule has 0 radical (unpaired) electrons. The van der Waals surface area contributed by atoms with Crippen molar-refractivity contribution in [2.45, 2.75) is 98.4 Å². The molecule has 0 aromatic carbocycles. The molecule has 7 heteroatoms. The van der Waals surface area contributed by atoms with Gasteiger partial charge in [-0.1, -0.05) is 38.5 Å². The number of carbonyl (C=O) groups excluding carboxylic acids is 2. The largest absolute Gasteiger partial charge is 0.457 e. The number of ether oxygens (including phenoxy) is 1. The summed E-state index contributed by atoms with van der Waals surface area (Å²) in [6, 6.07) is 0. The Labute approximate surface area is 215 Å². The predicted octanol–water partition coefficient (Wildman–Crippen LogP) is 5.70. The lowest BCUT2D eigenvalue weighted by Crippen LogP contribution is -2.50. The summed E-state index contributed by atoms with van der Waals surface area (Å²) < 4.78 is 11.1. The molecule has 3 unspecified atom stereocenters. The van der Waals surface area contributed by atoms with Crippen LogP contribution in [0.4, 0.5) is 0 Å². The number of aromatic nitrogens is 1. The maximum atomic E-state index is 13.5. The molecule has 0 spiro atoms. The van der Waals surface area contributed by atoms with Crippen LogP contribution in [-0.2, 0) is 14.3 Å². The molecule has 36 heavy (non-hydrogen) atoms. The lowest BCUT2D eigenvalue weighted by atomic mass is 9.71. The summed E-state index contributed by atoms with van der Waals surface area (Å²) in [7, 11) is 0. The van der Waals surface area contributed by atoms with Crippen LogP contribution in [0.25, 0.3) is 6.08 Å². The van der Waals surface area contributed by atoms with Crippen molar-refractivity contribution in [1.29, 1.82) is 0 Å². The molecule has 7 nitrogen and oxygen atoms in total. The molecule has 1 aromatic rings. The number of carbonyl (C=O) groups is 2. The van der Waals surface area contributed by atoms with E-state index >= 15 is 0 Å². The first kappa shape index (κ1) is 29.7. The minimum absolute atomic E-state index is 0.0362. The second-order valence-corrected chi connectivity index (χ2v) is 10.8. The Kier molecular flexibility index (Phi) is 10.4. The normalized spacial score (nSPS) is 26.7. The molecule has 1 aromatic heterocycles. The molecule has 2 N–H and O–H groups in total. The fourth-order valence-electron chi connectivity index (χ4n) is 4.62. The zero-order valence-corrected chi connectivity index (χ0v) is 22.7. The molecule has 1 aliphatic heterocycles. The number of esters is 1. The van der Waals surface area contributed by atoms with Gasteiger partial charge in [-0.3, -0.25) is 9.59 Å². The van der Waals surface area contributed by atoms with E-state index in [0.29, 0.717) is 24.4 Å². The molecule has 0 bridgehead atoms. The third-order valence-electron chi connectivity index (χ3n) is 7.26. The van der Waals surface area contributed by atoms with Crippen LogP contribution in [0.5, 0.6) is 0 Å². The van der Waals surface area contributed by atoms with Gasteiger partial charge in [0.05, 0.1) is 5.92 Å². The Bertz CT molecular complexity index is 984. The number of oxazole rings is 1. The van der Waals surface area contributed by atoms with Crippen LogP contribution in [0.15, 0.2) is 40.6 Å². The first-order valence-corrected chi connectivity index (χ1v) is 12.8. The van der Waals surface area contributed by atoms with E-state index in [4.69, 9.17) is 9.15 Å². The molecule has 200 valence electrons. The molecule has 3 atom stereocenters. The zero-order chi connectivity index (χ0) is 27.1. The summed E-state index contributed by atoms with van der Waals surface area (Å²) in [4.78, 5) is 30.7. The van der Waals surface area contributed by atoms with E-state index < -0.39 is 35.1 Å². The summed E-state index contributed by atoms with van der Waals surface area (Å²) in [5.74, 6) is -3.82. The van der Waals surface area contributed by atoms with Gasteiger partial charge in [0.2, 0.25) is 0 Å². The topological polar surface area (TPSA) is 110 Å². The van der Waals surface area contributed by atoms with E-state index in [2.05, 4.69) is 17.6 Å². The lowest BCUT2D eigenvalue weighted by molar-refractivity contribution is -0.233. The third kappa shape index (κ3) is 8.00. The van der Waals surface area contributed by atoms with E-state index in [0.717, 1.165) is 24.0 Å². The summed E-state index contributed by atoms with van der Waals surface area (Å²) in [6.45, 7) is 14.7. The van der Waals surface area contributed by atoms with Crippen LogP contribution < -0.4 is 0 Å². The molecule has 0 amide bonds. The van der Waals surface area contributed by atoms with Gasteiger partial charge in [-0.05, 0) is 57.6 Å². The Balaban J connectivity index is 2.35. The number of Topliss-reactive ketones (excluding diaryl/α,β-unsaturated/α-hetero) is 1. The fraction of sp³-hybridized carbons (Fsp3) is 0.621. The average molecular weight is 502 g/mol. The summed E-state index contributed by atoms with van der Waals surface area (Å²) >= 11 is 0. The Morgan fingerprint density at radius 2 is 1.94 bits per heavy atom. The number of aryl methyl sites for hydroxylation is 1. The van der Waals surface area contributed by atoms with E-state index in [-0.39, 0.29) is 25.0 Å². The van der Waals surface area contributed by atoms with Crippen LogP contribution in [0, 0.1) is 24.2 Å². The predicted molar refractivity (Wildman–Crippen MR) is 140 cm³/mol. The van der Waals surface area contributed by atoms with Crippen LogP contribution >= 0.6 is 0 Å². The van der Waals surface area contributed by atoms with Gasteiger partial charge < -0.3 is 19.4 Å². The van der Waals surface area contributed by atoms with Gasteiger partial charge in [-0.15, -0.1) is 6.58 Å². The van der Waals surface area contributed by atoms with Gasteiger partial charge in [0.25, 0.3) is 0 Å². The molecule has 2 heterocycles. The Hall–Kier alpha value is -2.51. The monoisotopic (exact) mass is 501 g/mol. The second kappa shape index (κ2) is 12.6. The van der Waals surface area contributed by atoms with Gasteiger partial charge in [0, 0.05) is 31.1 Å². The van der Waals surface area contributed by atoms with Gasteiger partial charge >= 0.3 is 5.97 Å². The summed E-state index contributed by atoms with van der Waals surface area (Å²) in [6.07, 6.45) is 9.55. The number of nitrogens with zero attached hydrogens (tertiary/aromatic N) is 1. The molecule has 1 aliphatic rings. The maximum absolute atomic E-state index is 13.5. The van der Waals surface area contributed by atoms with Crippen molar-refractivity contribution in [2.24, 2.45) is 17.3 Å². The van der Waals surface area contributed by atoms with Crippen molar-refractivity contribution < 1.29 is 29.0 Å². The first-order valence-electron chi connectivity index (χ1n) is 12.8. The van der Waals surface area contributed by atoms with Crippen LogP contribution in [0.1, 0.15) is 91.1 Å². The number of hydrogen-bond acceptors (Lipinski definition) is 7. The van der Waals surface area contributed by atoms with Crippen LogP contribution in [0.3, 0.4) is 0 Å². The van der Waals surface area contributed by atoms with Crippen molar-refractivity contribution in [2.75, 3.05) is 0 Å². The Morgan fingerprint density at radius 1 is 1.25 bits per heavy atom. The van der Waals surface area contributed by atoms with Crippen molar-refractivity contribution in [3.8, 4) is 0 Å². The minimum atomic E-state index is -2.16. The van der Waals surface area contributed by atoms with E-state index in [1.54, 1.807) is 40.0 Å². The van der Waals surface area contributed by atoms with Gasteiger partial charge in [-0.25, -0.2) is 4.98 Å². The number of allylic oxidation sites excluding steroid dienone is 2. The molecule has 0 aliphatic carbocycles. The van der Waals surface area contributed by atoms with Gasteiger partial charge in [-0.2, -0.15) is 0 Å². The van der Waals surface area contributed by atoms with Crippen LogP contribution in [0.2, 0.25) is 0 Å². The highest BCUT2D eigenvalue weighted by Crippen LogP contribution is 2.38. The number of rotatable bonds is 4. The Morgan fingerprint density at radius 3 is 2.56 bits per heavy atom. The van der Waals surface area contributed by atoms with E-state index in [9.17, 15) is 19.8 Å². The fourth-order valence-corrected chi connectivity index (χ4v) is 4.62. The average Bonchev–Trinajstić information content (AvgIpc) is 3.21. The van der Waals surface area contributed by atoms with E-state index in [1.165, 1.54) is 0 Å². The minimum Gasteiger partial charge on any atom is -0.457 e. The zero-order valence-electron chi connectivity index (χ0n) is 22.7. The molecule has 0 saturated carbocycles. The number of aliphatic hydroxyl groups is 2. The van der Waals surface area contributed by atoms with E-state index in [1.807, 2.05) is 19.9 Å². The van der Waals surface area contributed by atoms with Gasteiger partial charge in [0.15, 0.2) is 11.7 Å². The standard InChI is InChI=1S/C29H43NO6/c1-8-10-24-27(32)28(6,7)16-15-26(31)36-25(20(3)17-23-18-35-22(5)30-23)14-13-19(2)11-9-12-21(4)29(24,33)34/h8,13,17-18,21,24-25,33-34H,1,9-12,14-16H2,2-7H3. The lowest BCUT2D eigenvalue weighted by Gasteiger charge is -2.39. The SMILES string of the molecule is C=CCC1C(=O)C(C)(C)CCC(=O)OC(C(C)=Cc2coc(C)n2)CC=C(C)CCCC(C)C1(O)O. The smallest absolute Gasteiger partial charge is 0.306 e. The van der Waals surface area contributed by atoms with Crippen molar-refractivity contribution in [3.05, 3.63) is 47.7 Å². The number of ketones is 1. The molecular weight excluding hydrogens is 458 g/mol. The third-order valence-corrected chi connectivity index (χ3v) is 7.26. The quantitative estimate of drug-likeness (QED) is 0.309. The van der Waals surface area contributed by atoms with Crippen molar-refractivity contribution in [3.63, 3.8) is 0 Å². The number of cyclic esters (lactones) is 1. The molecule has 2 rings (SSSR count). The van der Waals surface area contributed by atoms with Gasteiger partial charge in [0.1, 0.15) is 23.8 Å². The highest BCUT2D eigenvalue weighted by atomic mass is 16.5.